The number of nitrogens with one attached hydrogen (secondary N) is 2. The van der Waals surface area contributed by atoms with Crippen molar-refractivity contribution >= 4 is 41.9 Å². The Hall–Kier alpha value is -3.85. The Morgan fingerprint density at radius 2 is 1.74 bits per heavy atom. The molecule has 4 N–H and O–H groups in total. The number of carbonyl (C=O) groups is 3. The lowest BCUT2D eigenvalue weighted by Gasteiger charge is -2.39. The largest absolute Gasteiger partial charge is 0.401 e. The van der Waals surface area contributed by atoms with Gasteiger partial charge in [0.15, 0.2) is 0 Å². The molecule has 2 aliphatic heterocycles. The summed E-state index contributed by atoms with van der Waals surface area (Å²) in [5, 5.41) is 2.46. The average molecular weight is 672 g/mol. The highest BCUT2D eigenvalue weighted by atomic mass is 31.2. The number of anilines is 1. The second kappa shape index (κ2) is 12.4. The van der Waals surface area contributed by atoms with Crippen LogP contribution < -0.4 is 10.2 Å². The van der Waals surface area contributed by atoms with E-state index in [-0.39, 0.29) is 36.0 Å². The van der Waals surface area contributed by atoms with Gasteiger partial charge in [-0.15, -0.1) is 0 Å². The minimum Gasteiger partial charge on any atom is -0.351 e. The summed E-state index contributed by atoms with van der Waals surface area (Å²) in [7, 11) is -4.31. The minimum atomic E-state index is -5.86. The summed E-state index contributed by atoms with van der Waals surface area (Å²) in [6.07, 6.45) is -3.76. The molecule has 2 aliphatic rings. The van der Waals surface area contributed by atoms with E-state index < -0.39 is 73.9 Å². The van der Waals surface area contributed by atoms with E-state index in [1.165, 1.54) is 9.80 Å². The van der Waals surface area contributed by atoms with E-state index in [1.807, 2.05) is 0 Å². The Balaban J connectivity index is 1.42. The van der Waals surface area contributed by atoms with Gasteiger partial charge in [0.2, 0.25) is 11.8 Å². The number of halogens is 5. The number of amides is 3. The number of hydrogen-bond donors (Lipinski definition) is 4. The lowest BCUT2D eigenvalue weighted by atomic mass is 10.1. The second-order valence-corrected chi connectivity index (χ2v) is 13.1. The molecule has 1 aromatic heterocycles. The van der Waals surface area contributed by atoms with Crippen LogP contribution in [0.5, 0.6) is 0 Å². The number of likely N-dealkylation sites (N-methyl/N-ethyl adjacent to an activating group) is 1. The zero-order chi connectivity index (χ0) is 33.6. The Kier molecular flexibility index (Phi) is 9.03. The fourth-order valence-corrected chi connectivity index (χ4v) is 6.51. The number of H-pyrrole nitrogens is 1. The molecular weight excluding hydrogens is 640 g/mol. The van der Waals surface area contributed by atoms with Crippen LogP contribution in [0.1, 0.15) is 35.3 Å². The van der Waals surface area contributed by atoms with Crippen LogP contribution in [-0.4, -0.2) is 93.3 Å². The van der Waals surface area contributed by atoms with Crippen LogP contribution in [0.2, 0.25) is 0 Å². The first-order valence-corrected chi connectivity index (χ1v) is 15.9. The first-order valence-electron chi connectivity index (χ1n) is 14.3. The van der Waals surface area contributed by atoms with E-state index in [4.69, 9.17) is 9.79 Å². The second-order valence-electron chi connectivity index (χ2n) is 11.5. The van der Waals surface area contributed by atoms with Crippen LogP contribution in [0.4, 0.5) is 27.6 Å². The highest BCUT2D eigenvalue weighted by molar-refractivity contribution is 7.52. The smallest absolute Gasteiger partial charge is 0.351 e. The van der Waals surface area contributed by atoms with E-state index in [1.54, 1.807) is 37.4 Å². The summed E-state index contributed by atoms with van der Waals surface area (Å²) in [6, 6.07) is 9.50. The fourth-order valence-electron chi connectivity index (χ4n) is 6.03. The normalized spacial score (nSPS) is 21.5. The van der Waals surface area contributed by atoms with Crippen LogP contribution >= 0.6 is 7.60 Å². The van der Waals surface area contributed by atoms with E-state index in [0.29, 0.717) is 12.1 Å². The number of hydrogen-bond acceptors (Lipinski definition) is 5. The average Bonchev–Trinajstić information content (AvgIpc) is 3.61. The van der Waals surface area contributed by atoms with Crippen molar-refractivity contribution in [2.45, 2.75) is 49.2 Å². The third kappa shape index (κ3) is 6.80. The van der Waals surface area contributed by atoms with E-state index in [9.17, 15) is 40.9 Å². The van der Waals surface area contributed by atoms with Gasteiger partial charge in [0.1, 0.15) is 17.8 Å². The van der Waals surface area contributed by atoms with Crippen molar-refractivity contribution < 1.29 is 50.7 Å². The first-order chi connectivity index (χ1) is 21.5. The van der Waals surface area contributed by atoms with Gasteiger partial charge < -0.3 is 29.9 Å². The van der Waals surface area contributed by atoms with Crippen molar-refractivity contribution in [3.8, 4) is 0 Å². The maximum atomic E-state index is 14.3. The number of alkyl halides is 5. The molecule has 3 atom stereocenters. The van der Waals surface area contributed by atoms with Gasteiger partial charge in [-0.1, -0.05) is 24.3 Å². The molecule has 0 spiro atoms. The molecule has 11 nitrogen and oxygen atoms in total. The van der Waals surface area contributed by atoms with Crippen molar-refractivity contribution in [1.82, 2.24) is 20.1 Å². The summed E-state index contributed by atoms with van der Waals surface area (Å²) >= 11 is 0. The summed E-state index contributed by atoms with van der Waals surface area (Å²) in [4.78, 5) is 65.5. The molecule has 248 valence electrons. The van der Waals surface area contributed by atoms with Crippen LogP contribution in [0.3, 0.4) is 0 Å². The molecule has 0 saturated carbocycles. The molecule has 3 aromatic rings. The molecule has 3 amide bonds. The van der Waals surface area contributed by atoms with Crippen LogP contribution in [0, 0.1) is 0 Å². The van der Waals surface area contributed by atoms with Gasteiger partial charge in [-0.3, -0.25) is 23.8 Å². The Bertz CT molecular complexity index is 1680. The summed E-state index contributed by atoms with van der Waals surface area (Å²) in [5.41, 5.74) is -5.00. The van der Waals surface area contributed by atoms with Gasteiger partial charge in [-0.25, -0.2) is 0 Å². The molecule has 0 unspecified atom stereocenters. The number of carbonyl (C=O) groups excluding carboxylic acids is 3. The molecule has 0 bridgehead atoms. The monoisotopic (exact) mass is 671 g/mol. The topological polar surface area (TPSA) is 146 Å². The number of aromatic nitrogens is 1. The number of fused-ring (bicyclic) bond motifs is 2. The van der Waals surface area contributed by atoms with E-state index >= 15 is 0 Å². The molecule has 0 radical (unpaired) electrons. The van der Waals surface area contributed by atoms with Gasteiger partial charge in [-0.05, 0) is 49.6 Å². The van der Waals surface area contributed by atoms with Crippen molar-refractivity contribution in [2.75, 3.05) is 31.6 Å². The van der Waals surface area contributed by atoms with Gasteiger partial charge >= 0.3 is 19.4 Å². The Morgan fingerprint density at radius 3 is 2.39 bits per heavy atom. The number of benzene rings is 2. The van der Waals surface area contributed by atoms with E-state index in [2.05, 4.69) is 10.3 Å². The minimum absolute atomic E-state index is 0.00678. The first kappa shape index (κ1) is 33.5. The van der Waals surface area contributed by atoms with Gasteiger partial charge in [0.25, 0.3) is 5.91 Å². The predicted molar refractivity (Wildman–Crippen MR) is 156 cm³/mol. The molecule has 2 saturated heterocycles. The molecular formula is C29H31F5N5O6P. The highest BCUT2D eigenvalue weighted by Gasteiger charge is 2.50. The molecule has 17 heteroatoms. The maximum Gasteiger partial charge on any atom is 0.401 e. The zero-order valence-electron chi connectivity index (χ0n) is 24.4. The van der Waals surface area contributed by atoms with Gasteiger partial charge in [0.05, 0.1) is 6.54 Å². The van der Waals surface area contributed by atoms with Gasteiger partial charge in [0, 0.05) is 48.3 Å². The zero-order valence-corrected chi connectivity index (χ0v) is 25.3. The number of rotatable bonds is 7. The van der Waals surface area contributed by atoms with Crippen molar-refractivity contribution in [2.24, 2.45) is 0 Å². The molecule has 3 heterocycles. The quantitative estimate of drug-likeness (QED) is 0.221. The molecule has 2 fully saturated rings. The molecule has 5 rings (SSSR count). The van der Waals surface area contributed by atoms with Crippen LogP contribution in [0.15, 0.2) is 54.6 Å². The van der Waals surface area contributed by atoms with Crippen LogP contribution in [-0.2, 0) is 19.8 Å². The lowest BCUT2D eigenvalue weighted by molar-refractivity contribution is -0.154. The van der Waals surface area contributed by atoms with Crippen molar-refractivity contribution in [3.63, 3.8) is 0 Å². The van der Waals surface area contributed by atoms with Crippen molar-refractivity contribution in [1.29, 1.82) is 0 Å². The number of para-hydroxylation sites is 1. The van der Waals surface area contributed by atoms with E-state index in [0.717, 1.165) is 29.2 Å². The third-order valence-corrected chi connectivity index (χ3v) is 9.31. The Morgan fingerprint density at radius 1 is 1.04 bits per heavy atom. The van der Waals surface area contributed by atoms with Gasteiger partial charge in [-0.2, -0.15) is 22.0 Å². The summed E-state index contributed by atoms with van der Waals surface area (Å²) in [5.74, 6) is -2.06. The number of aromatic amines is 1. The van der Waals surface area contributed by atoms with Crippen molar-refractivity contribution in [3.05, 3.63) is 65.9 Å². The predicted octanol–water partition coefficient (Wildman–Crippen LogP) is 3.78. The molecule has 2 aromatic carbocycles. The summed E-state index contributed by atoms with van der Waals surface area (Å²) < 4.78 is 80.2. The lowest BCUT2D eigenvalue weighted by Crippen LogP contribution is -2.61. The number of nitrogens with zero attached hydrogens (tertiary/aromatic N) is 3. The maximum absolute atomic E-state index is 14.3. The third-order valence-electron chi connectivity index (χ3n) is 8.32. The fraction of sp³-hybridized carbons (Fsp3) is 0.414. The standard InChI is InChI=1S/C29H31F5N5O6P/c1-37(19-5-3-2-4-6-19)27(42)24-10-8-20-11-12-38(16-28(30,31)32)15-23(26(41)39(20)24)36-25(40)22-14-17-13-18(7-9-21(17)35-22)29(33,34)46(43,44)45/h2-7,9,13-14,20,23-24,35H,8,10-12,15-16H2,1H3,(H,36,40)(H2,43,44,45)/t20-,23+,24+/m1/s1. The Labute approximate surface area is 259 Å². The highest BCUT2D eigenvalue weighted by Crippen LogP contribution is 2.59. The summed E-state index contributed by atoms with van der Waals surface area (Å²) in [6.45, 7) is -1.90. The molecule has 0 aliphatic carbocycles. The SMILES string of the molecule is CN(C(=O)[C@@H]1CC[C@@H]2CCN(CC(F)(F)F)C[C@H](NC(=O)c3cc4cc(C(F)(F)P(=O)(O)O)ccc4[nH]3)C(=O)N21)c1ccccc1. The van der Waals surface area contributed by atoms with Crippen LogP contribution in [0.25, 0.3) is 10.9 Å². The molecule has 46 heavy (non-hydrogen) atoms.